The van der Waals surface area contributed by atoms with Crippen molar-refractivity contribution >= 4 is 23.6 Å². The monoisotopic (exact) mass is 449 g/mol. The molecule has 0 bridgehead atoms. The van der Waals surface area contributed by atoms with Gasteiger partial charge in [0.05, 0.1) is 17.7 Å². The summed E-state index contributed by atoms with van der Waals surface area (Å²) in [5.74, 6) is -0.183. The predicted octanol–water partition coefficient (Wildman–Crippen LogP) is 2.45. The summed E-state index contributed by atoms with van der Waals surface area (Å²) in [5.41, 5.74) is 1.35. The zero-order valence-electron chi connectivity index (χ0n) is 18.7. The number of imide groups is 1. The van der Waals surface area contributed by atoms with Crippen LogP contribution in [0.3, 0.4) is 0 Å². The summed E-state index contributed by atoms with van der Waals surface area (Å²) in [4.78, 5) is 55.3. The molecule has 33 heavy (non-hydrogen) atoms. The van der Waals surface area contributed by atoms with Crippen molar-refractivity contribution < 1.29 is 23.9 Å². The minimum atomic E-state index is -0.355. The lowest BCUT2D eigenvalue weighted by molar-refractivity contribution is -0.131. The number of hydrogen-bond acceptors (Lipinski definition) is 5. The van der Waals surface area contributed by atoms with Crippen LogP contribution in [0.25, 0.3) is 0 Å². The molecule has 172 valence electrons. The van der Waals surface area contributed by atoms with E-state index in [1.807, 2.05) is 6.92 Å². The first-order chi connectivity index (χ1) is 16.0. The van der Waals surface area contributed by atoms with Gasteiger partial charge in [0.1, 0.15) is 5.75 Å². The molecule has 1 fully saturated rings. The van der Waals surface area contributed by atoms with E-state index in [-0.39, 0.29) is 36.6 Å². The number of hydrogen-bond donors (Lipinski definition) is 0. The maximum absolute atomic E-state index is 12.9. The molecule has 0 N–H and O–H groups in total. The molecule has 8 heteroatoms. The van der Waals surface area contributed by atoms with Gasteiger partial charge in [-0.05, 0) is 49.7 Å². The molecule has 0 unspecified atom stereocenters. The Labute approximate surface area is 192 Å². The van der Waals surface area contributed by atoms with Gasteiger partial charge in [0.2, 0.25) is 5.91 Å². The van der Waals surface area contributed by atoms with Crippen LogP contribution in [-0.4, -0.2) is 77.7 Å². The van der Waals surface area contributed by atoms with Gasteiger partial charge in [0.15, 0.2) is 0 Å². The molecule has 2 aromatic carbocycles. The number of fused-ring (bicyclic) bond motifs is 1. The van der Waals surface area contributed by atoms with E-state index in [4.69, 9.17) is 4.74 Å². The Kier molecular flexibility index (Phi) is 6.72. The van der Waals surface area contributed by atoms with Crippen LogP contribution in [0.2, 0.25) is 0 Å². The molecule has 0 radical (unpaired) electrons. The molecule has 4 rings (SSSR count). The molecule has 8 nitrogen and oxygen atoms in total. The van der Waals surface area contributed by atoms with Crippen molar-refractivity contribution in [3.63, 3.8) is 0 Å². The molecular weight excluding hydrogens is 422 g/mol. The first kappa shape index (κ1) is 22.5. The van der Waals surface area contributed by atoms with Gasteiger partial charge in [0.25, 0.3) is 17.7 Å². The van der Waals surface area contributed by atoms with Crippen molar-refractivity contribution in [2.45, 2.75) is 19.8 Å². The Hall–Kier alpha value is -3.68. The highest BCUT2D eigenvalue weighted by molar-refractivity contribution is 6.21. The second-order valence-electron chi connectivity index (χ2n) is 8.04. The molecule has 2 aliphatic rings. The summed E-state index contributed by atoms with van der Waals surface area (Å²) in [6, 6.07) is 13.8. The van der Waals surface area contributed by atoms with Gasteiger partial charge in [-0.15, -0.1) is 0 Å². The number of amides is 4. The molecule has 2 aromatic rings. The fourth-order valence-corrected chi connectivity index (χ4v) is 4.22. The molecule has 2 heterocycles. The first-order valence-electron chi connectivity index (χ1n) is 11.2. The van der Waals surface area contributed by atoms with Crippen molar-refractivity contribution in [1.29, 1.82) is 0 Å². The number of carbonyl (C=O) groups is 4. The molecule has 2 aliphatic heterocycles. The molecule has 0 aliphatic carbocycles. The fourth-order valence-electron chi connectivity index (χ4n) is 4.22. The lowest BCUT2D eigenvalue weighted by atomic mass is 10.1. The van der Waals surface area contributed by atoms with E-state index in [9.17, 15) is 19.2 Å². The zero-order chi connectivity index (χ0) is 23.4. The van der Waals surface area contributed by atoms with Gasteiger partial charge in [-0.3, -0.25) is 24.1 Å². The molecule has 0 aromatic heterocycles. The summed E-state index contributed by atoms with van der Waals surface area (Å²) >= 11 is 0. The Bertz CT molecular complexity index is 1030. The Morgan fingerprint density at radius 3 is 2.09 bits per heavy atom. The summed E-state index contributed by atoms with van der Waals surface area (Å²) in [6.07, 6.45) is 0.736. The van der Waals surface area contributed by atoms with Gasteiger partial charge in [-0.25, -0.2) is 0 Å². The van der Waals surface area contributed by atoms with Crippen LogP contribution in [0.5, 0.6) is 5.75 Å². The third-order valence-corrected chi connectivity index (χ3v) is 5.98. The molecule has 4 amide bonds. The van der Waals surface area contributed by atoms with E-state index in [1.165, 1.54) is 0 Å². The Morgan fingerprint density at radius 1 is 0.848 bits per heavy atom. The van der Waals surface area contributed by atoms with E-state index < -0.39 is 0 Å². The van der Waals surface area contributed by atoms with E-state index in [0.29, 0.717) is 55.9 Å². The van der Waals surface area contributed by atoms with E-state index in [0.717, 1.165) is 10.6 Å². The summed E-state index contributed by atoms with van der Waals surface area (Å²) in [7, 11) is 0. The normalized spacial score (nSPS) is 16.0. The zero-order valence-corrected chi connectivity index (χ0v) is 18.7. The second kappa shape index (κ2) is 9.85. The van der Waals surface area contributed by atoms with Crippen molar-refractivity contribution in [3.05, 3.63) is 65.2 Å². The molecule has 0 spiro atoms. The fraction of sp³-hybridized carbons (Fsp3) is 0.360. The van der Waals surface area contributed by atoms with Crippen molar-refractivity contribution in [2.24, 2.45) is 0 Å². The highest BCUT2D eigenvalue weighted by Crippen LogP contribution is 2.22. The van der Waals surface area contributed by atoms with E-state index in [1.54, 1.807) is 58.3 Å². The van der Waals surface area contributed by atoms with Gasteiger partial charge in [-0.1, -0.05) is 12.1 Å². The average Bonchev–Trinajstić information content (AvgIpc) is 2.99. The molecule has 0 atom stereocenters. The van der Waals surface area contributed by atoms with Gasteiger partial charge < -0.3 is 14.5 Å². The highest BCUT2D eigenvalue weighted by Gasteiger charge is 2.35. The lowest BCUT2D eigenvalue weighted by Gasteiger charge is -2.23. The molecule has 0 saturated carbocycles. The average molecular weight is 450 g/mol. The topological polar surface area (TPSA) is 87.2 Å². The number of benzene rings is 2. The largest absolute Gasteiger partial charge is 0.494 e. The second-order valence-corrected chi connectivity index (χ2v) is 8.04. The molecular formula is C25H27N3O5. The van der Waals surface area contributed by atoms with Crippen LogP contribution < -0.4 is 4.74 Å². The number of carbonyl (C=O) groups excluding carboxylic acids is 4. The quantitative estimate of drug-likeness (QED) is 0.633. The predicted molar refractivity (Wildman–Crippen MR) is 121 cm³/mol. The minimum Gasteiger partial charge on any atom is -0.494 e. The smallest absolute Gasteiger partial charge is 0.261 e. The van der Waals surface area contributed by atoms with Gasteiger partial charge >= 0.3 is 0 Å². The SMILES string of the molecule is CCOc1ccc(C(=O)N2CCCN(C(=O)CCN3C(=O)c4ccccc4C3=O)CC2)cc1. The van der Waals surface area contributed by atoms with Crippen LogP contribution in [0, 0.1) is 0 Å². The van der Waals surface area contributed by atoms with Crippen molar-refractivity contribution in [3.8, 4) is 5.75 Å². The van der Waals surface area contributed by atoms with Crippen molar-refractivity contribution in [2.75, 3.05) is 39.3 Å². The van der Waals surface area contributed by atoms with Gasteiger partial charge in [-0.2, -0.15) is 0 Å². The Balaban J connectivity index is 1.30. The first-order valence-corrected chi connectivity index (χ1v) is 11.2. The number of rotatable bonds is 6. The minimum absolute atomic E-state index is 0.0521. The highest BCUT2D eigenvalue weighted by atomic mass is 16.5. The van der Waals surface area contributed by atoms with Crippen LogP contribution >= 0.6 is 0 Å². The van der Waals surface area contributed by atoms with Crippen LogP contribution in [0.15, 0.2) is 48.5 Å². The standard InChI is InChI=1S/C25H27N3O5/c1-2-33-19-10-8-18(9-11-19)23(30)27-14-5-13-26(16-17-27)22(29)12-15-28-24(31)20-6-3-4-7-21(20)25(28)32/h3-4,6-11H,2,5,12-17H2,1H3. The lowest BCUT2D eigenvalue weighted by Crippen LogP contribution is -2.39. The number of ether oxygens (including phenoxy) is 1. The number of nitrogens with zero attached hydrogens (tertiary/aromatic N) is 3. The Morgan fingerprint density at radius 2 is 1.45 bits per heavy atom. The van der Waals surface area contributed by atoms with E-state index >= 15 is 0 Å². The molecule has 1 saturated heterocycles. The van der Waals surface area contributed by atoms with E-state index in [2.05, 4.69) is 0 Å². The summed E-state index contributed by atoms with van der Waals surface area (Å²) < 4.78 is 5.42. The van der Waals surface area contributed by atoms with Gasteiger partial charge in [0, 0.05) is 44.7 Å². The van der Waals surface area contributed by atoms with Crippen molar-refractivity contribution in [1.82, 2.24) is 14.7 Å². The van der Waals surface area contributed by atoms with Crippen LogP contribution in [-0.2, 0) is 4.79 Å². The van der Waals surface area contributed by atoms with Crippen LogP contribution in [0.4, 0.5) is 0 Å². The van der Waals surface area contributed by atoms with Crippen LogP contribution in [0.1, 0.15) is 50.8 Å². The third kappa shape index (κ3) is 4.74. The maximum Gasteiger partial charge on any atom is 0.261 e. The maximum atomic E-state index is 12.9. The third-order valence-electron chi connectivity index (χ3n) is 5.98. The summed E-state index contributed by atoms with van der Waals surface area (Å²) in [6.45, 7) is 4.48. The summed E-state index contributed by atoms with van der Waals surface area (Å²) in [5, 5.41) is 0.